The molecule has 0 amide bonds. The highest BCUT2D eigenvalue weighted by Gasteiger charge is 2.45. The van der Waals surface area contributed by atoms with Gasteiger partial charge in [0.05, 0.1) is 0 Å². The smallest absolute Gasteiger partial charge is 0.142 e. The van der Waals surface area contributed by atoms with E-state index in [4.69, 9.17) is 0 Å². The third kappa shape index (κ3) is 4.62. The summed E-state index contributed by atoms with van der Waals surface area (Å²) in [5.74, 6) is 0.377. The monoisotopic (exact) mass is 594 g/mol. The molecule has 7 rings (SSSR count). The minimum Gasteiger partial charge on any atom is -0.376 e. The average molecular weight is 596 g/mol. The number of fused-ring (bicyclic) bond motifs is 5. The fourth-order valence-electron chi connectivity index (χ4n) is 6.76. The van der Waals surface area contributed by atoms with Crippen LogP contribution in [-0.4, -0.2) is 5.11 Å². The molecule has 1 aliphatic rings. The molecule has 0 radical (unpaired) electrons. The van der Waals surface area contributed by atoms with E-state index >= 15 is 0 Å². The van der Waals surface area contributed by atoms with Gasteiger partial charge < -0.3 is 5.11 Å². The summed E-state index contributed by atoms with van der Waals surface area (Å²) in [5.41, 5.74) is 7.77. The zero-order valence-corrected chi connectivity index (χ0v) is 24.4. The first-order valence-electron chi connectivity index (χ1n) is 14.3. The molecule has 2 unspecified atom stereocenters. The van der Waals surface area contributed by atoms with Crippen molar-refractivity contribution in [3.63, 3.8) is 0 Å². The van der Waals surface area contributed by atoms with Gasteiger partial charge in [0.15, 0.2) is 0 Å². The van der Waals surface area contributed by atoms with Crippen molar-refractivity contribution in [1.29, 1.82) is 0 Å². The Kier molecular flexibility index (Phi) is 6.82. The second-order valence-electron chi connectivity index (χ2n) is 11.1. The van der Waals surface area contributed by atoms with Crippen molar-refractivity contribution in [2.24, 2.45) is 0 Å². The highest BCUT2D eigenvalue weighted by molar-refractivity contribution is 9.10. The summed E-state index contributed by atoms with van der Waals surface area (Å²) in [5, 5.41) is 15.3. The van der Waals surface area contributed by atoms with Crippen LogP contribution < -0.4 is 0 Å². The number of aliphatic hydroxyl groups is 1. The Balaban J connectivity index is 1.32. The average Bonchev–Trinajstić information content (AvgIpc) is 3.28. The Bertz CT molecular complexity index is 1840. The number of benzene rings is 6. The van der Waals surface area contributed by atoms with Gasteiger partial charge in [-0.15, -0.1) is 0 Å². The molecule has 200 valence electrons. The van der Waals surface area contributed by atoms with Crippen molar-refractivity contribution >= 4 is 26.7 Å². The van der Waals surface area contributed by atoms with Gasteiger partial charge in [-0.3, -0.25) is 0 Å². The fourth-order valence-corrected chi connectivity index (χ4v) is 7.12. The third-order valence-corrected chi connectivity index (χ3v) is 9.22. The zero-order chi connectivity index (χ0) is 27.8. The molecule has 0 bridgehead atoms. The van der Waals surface area contributed by atoms with E-state index in [1.165, 1.54) is 27.5 Å². The second kappa shape index (κ2) is 10.8. The van der Waals surface area contributed by atoms with E-state index in [1.807, 2.05) is 0 Å². The fraction of sp³-hybridized carbons (Fsp3) is 0.128. The first-order valence-corrected chi connectivity index (χ1v) is 15.1. The van der Waals surface area contributed by atoms with Gasteiger partial charge in [0.25, 0.3) is 0 Å². The quantitative estimate of drug-likeness (QED) is 0.195. The molecule has 0 aromatic heterocycles. The predicted molar refractivity (Wildman–Crippen MR) is 173 cm³/mol. The first-order chi connectivity index (χ1) is 20.1. The molecular formula is C39H31BrO. The minimum absolute atomic E-state index is 0.377. The molecule has 1 N–H and O–H groups in total. The minimum atomic E-state index is -1.24. The van der Waals surface area contributed by atoms with Crippen LogP contribution in [0.1, 0.15) is 45.7 Å². The molecule has 0 aliphatic heterocycles. The lowest BCUT2D eigenvalue weighted by atomic mass is 9.79. The van der Waals surface area contributed by atoms with Crippen LogP contribution in [0.2, 0.25) is 0 Å². The highest BCUT2D eigenvalue weighted by Crippen LogP contribution is 2.54. The lowest BCUT2D eigenvalue weighted by Crippen LogP contribution is -2.28. The molecular weight excluding hydrogens is 564 g/mol. The molecule has 6 aromatic carbocycles. The summed E-state index contributed by atoms with van der Waals surface area (Å²) in [6.45, 7) is 0. The molecule has 0 heterocycles. The van der Waals surface area contributed by atoms with E-state index in [1.54, 1.807) is 0 Å². The predicted octanol–water partition coefficient (Wildman–Crippen LogP) is 9.83. The molecule has 41 heavy (non-hydrogen) atoms. The third-order valence-electron chi connectivity index (χ3n) is 8.72. The summed E-state index contributed by atoms with van der Waals surface area (Å²) < 4.78 is 0.969. The van der Waals surface area contributed by atoms with Crippen LogP contribution in [0.15, 0.2) is 144 Å². The molecule has 1 aliphatic carbocycles. The Morgan fingerprint density at radius 3 is 2.17 bits per heavy atom. The van der Waals surface area contributed by atoms with E-state index in [9.17, 15) is 5.11 Å². The van der Waals surface area contributed by atoms with Crippen molar-refractivity contribution in [3.8, 4) is 11.1 Å². The molecule has 0 saturated carbocycles. The SMILES string of the molecule is OC1(c2ccccc2CCC(Cc2ccccc2)c2ccccc2)c2cc(Br)ccc2-c2c1ccc1ccccc21. The largest absolute Gasteiger partial charge is 0.376 e. The van der Waals surface area contributed by atoms with Crippen LogP contribution in [0.4, 0.5) is 0 Å². The summed E-state index contributed by atoms with van der Waals surface area (Å²) in [6, 6.07) is 49.2. The Labute approximate surface area is 250 Å². The van der Waals surface area contributed by atoms with E-state index < -0.39 is 5.60 Å². The molecule has 6 aromatic rings. The van der Waals surface area contributed by atoms with Crippen LogP contribution in [-0.2, 0) is 18.4 Å². The van der Waals surface area contributed by atoms with E-state index in [0.29, 0.717) is 5.92 Å². The molecule has 2 atom stereocenters. The van der Waals surface area contributed by atoms with Crippen molar-refractivity contribution in [1.82, 2.24) is 0 Å². The highest BCUT2D eigenvalue weighted by atomic mass is 79.9. The van der Waals surface area contributed by atoms with Crippen LogP contribution in [0, 0.1) is 0 Å². The normalized spacial score (nSPS) is 16.3. The van der Waals surface area contributed by atoms with Crippen molar-refractivity contribution in [3.05, 3.63) is 177 Å². The van der Waals surface area contributed by atoms with E-state index in [-0.39, 0.29) is 0 Å². The van der Waals surface area contributed by atoms with E-state index in [0.717, 1.165) is 51.6 Å². The van der Waals surface area contributed by atoms with Crippen molar-refractivity contribution in [2.75, 3.05) is 0 Å². The number of hydrogen-bond acceptors (Lipinski definition) is 1. The van der Waals surface area contributed by atoms with Crippen LogP contribution in [0.5, 0.6) is 0 Å². The van der Waals surface area contributed by atoms with Crippen molar-refractivity contribution < 1.29 is 5.11 Å². The zero-order valence-electron chi connectivity index (χ0n) is 22.8. The van der Waals surface area contributed by atoms with Gasteiger partial charge in [0.1, 0.15) is 5.60 Å². The van der Waals surface area contributed by atoms with Gasteiger partial charge >= 0.3 is 0 Å². The van der Waals surface area contributed by atoms with Gasteiger partial charge in [-0.1, -0.05) is 143 Å². The first kappa shape index (κ1) is 26.0. The molecule has 1 nitrogen and oxygen atoms in total. The lowest BCUT2D eigenvalue weighted by Gasteiger charge is -2.30. The maximum Gasteiger partial charge on any atom is 0.142 e. The van der Waals surface area contributed by atoms with Crippen LogP contribution in [0.3, 0.4) is 0 Å². The van der Waals surface area contributed by atoms with Crippen LogP contribution >= 0.6 is 15.9 Å². The van der Waals surface area contributed by atoms with E-state index in [2.05, 4.69) is 155 Å². The Morgan fingerprint density at radius 2 is 1.34 bits per heavy atom. The number of aryl methyl sites for hydroxylation is 1. The summed E-state index contributed by atoms with van der Waals surface area (Å²) in [4.78, 5) is 0. The number of halogens is 1. The van der Waals surface area contributed by atoms with Gasteiger partial charge in [-0.05, 0) is 81.5 Å². The van der Waals surface area contributed by atoms with Gasteiger partial charge in [0.2, 0.25) is 0 Å². The lowest BCUT2D eigenvalue weighted by molar-refractivity contribution is 0.129. The Morgan fingerprint density at radius 1 is 0.634 bits per heavy atom. The van der Waals surface area contributed by atoms with Gasteiger partial charge in [0, 0.05) is 15.6 Å². The van der Waals surface area contributed by atoms with Crippen molar-refractivity contribution in [2.45, 2.75) is 30.8 Å². The van der Waals surface area contributed by atoms with Crippen LogP contribution in [0.25, 0.3) is 21.9 Å². The maximum atomic E-state index is 12.9. The van der Waals surface area contributed by atoms with Gasteiger partial charge in [-0.25, -0.2) is 0 Å². The summed E-state index contributed by atoms with van der Waals surface area (Å²) >= 11 is 3.70. The van der Waals surface area contributed by atoms with Gasteiger partial charge in [-0.2, -0.15) is 0 Å². The standard InChI is InChI=1S/C39H31BrO/c40-32-22-23-34-37(26-32)39(41,36-24-21-29-15-7-9-17-33(29)38(34)36)35-18-10-8-16-30(35)19-20-31(28-13-5-2-6-14-28)25-27-11-3-1-4-12-27/h1-18,21-24,26,31,41H,19-20,25H2. The molecule has 0 spiro atoms. The molecule has 0 saturated heterocycles. The summed E-state index contributed by atoms with van der Waals surface area (Å²) in [6.07, 6.45) is 2.85. The molecule has 2 heteroatoms. The topological polar surface area (TPSA) is 20.2 Å². The molecule has 0 fully saturated rings. The maximum absolute atomic E-state index is 12.9. The second-order valence-corrected chi connectivity index (χ2v) is 12.0. The number of rotatable bonds is 7. The Hall–Kier alpha value is -3.98. The summed E-state index contributed by atoms with van der Waals surface area (Å²) in [7, 11) is 0. The number of hydrogen-bond donors (Lipinski definition) is 1.